The maximum atomic E-state index is 13.0. The van der Waals surface area contributed by atoms with Crippen molar-refractivity contribution in [1.82, 2.24) is 0 Å². The first-order valence-corrected chi connectivity index (χ1v) is 11.9. The molecule has 29 heavy (non-hydrogen) atoms. The summed E-state index contributed by atoms with van der Waals surface area (Å²) in [7, 11) is -3.09. The molecular formula is C26H30O2Si. The molecule has 0 spiro atoms. The Bertz CT molecular complexity index is 997. The molecule has 1 heterocycles. The largest absolute Gasteiger partial charge is 0.384 e. The van der Waals surface area contributed by atoms with E-state index in [1.54, 1.807) is 6.92 Å². The van der Waals surface area contributed by atoms with Gasteiger partial charge in [0.2, 0.25) is 0 Å². The molecule has 0 saturated carbocycles. The smallest absolute Gasteiger partial charge is 0.294 e. The molecule has 0 aromatic heterocycles. The van der Waals surface area contributed by atoms with Gasteiger partial charge in [-0.2, -0.15) is 0 Å². The van der Waals surface area contributed by atoms with Crippen LogP contribution in [-0.4, -0.2) is 19.7 Å². The number of hydrogen-bond donors (Lipinski definition) is 0. The van der Waals surface area contributed by atoms with E-state index < -0.39 is 13.9 Å². The van der Waals surface area contributed by atoms with Crippen LogP contribution in [0.15, 0.2) is 35.5 Å². The Morgan fingerprint density at radius 3 is 1.59 bits per heavy atom. The Balaban J connectivity index is 2.55. The van der Waals surface area contributed by atoms with Crippen molar-refractivity contribution in [1.29, 1.82) is 0 Å². The molecule has 150 valence electrons. The molecule has 0 fully saturated rings. The Morgan fingerprint density at radius 1 is 0.897 bits per heavy atom. The normalized spacial score (nSPS) is 20.3. The molecule has 0 bridgehead atoms. The van der Waals surface area contributed by atoms with Crippen LogP contribution in [0.1, 0.15) is 47.2 Å². The van der Waals surface area contributed by atoms with Crippen molar-refractivity contribution in [3.8, 4) is 12.3 Å². The van der Waals surface area contributed by atoms with E-state index in [9.17, 15) is 4.79 Å². The molecule has 3 rings (SSSR count). The van der Waals surface area contributed by atoms with Crippen molar-refractivity contribution in [2.45, 2.75) is 61.0 Å². The van der Waals surface area contributed by atoms with E-state index >= 15 is 0 Å². The molecule has 3 heteroatoms. The SMILES string of the molecule is C#CC1(C)C=C(C(C)=O)[Si](c2c(C)cc(C)cc2C)(c2c(C)cc(C)cc2C)O1. The van der Waals surface area contributed by atoms with Gasteiger partial charge in [-0.1, -0.05) is 41.3 Å². The predicted molar refractivity (Wildman–Crippen MR) is 123 cm³/mol. The van der Waals surface area contributed by atoms with Gasteiger partial charge in [-0.25, -0.2) is 0 Å². The van der Waals surface area contributed by atoms with Crippen LogP contribution in [-0.2, 0) is 9.22 Å². The molecule has 1 unspecified atom stereocenters. The summed E-state index contributed by atoms with van der Waals surface area (Å²) in [5.74, 6) is 2.84. The van der Waals surface area contributed by atoms with Crippen LogP contribution in [0.25, 0.3) is 0 Å². The number of benzene rings is 2. The maximum absolute atomic E-state index is 13.0. The molecule has 2 nitrogen and oxygen atoms in total. The lowest BCUT2D eigenvalue weighted by Crippen LogP contribution is -2.66. The zero-order valence-electron chi connectivity index (χ0n) is 18.8. The first kappa shape index (κ1) is 21.3. The van der Waals surface area contributed by atoms with Gasteiger partial charge in [-0.3, -0.25) is 4.79 Å². The van der Waals surface area contributed by atoms with Crippen LogP contribution in [0.4, 0.5) is 0 Å². The van der Waals surface area contributed by atoms with E-state index in [4.69, 9.17) is 10.8 Å². The second-order valence-electron chi connectivity index (χ2n) is 8.70. The van der Waals surface area contributed by atoms with E-state index in [1.807, 2.05) is 13.0 Å². The highest BCUT2D eigenvalue weighted by Gasteiger charge is 2.56. The van der Waals surface area contributed by atoms with Crippen LogP contribution in [0.2, 0.25) is 0 Å². The molecule has 0 radical (unpaired) electrons. The first-order chi connectivity index (χ1) is 13.4. The van der Waals surface area contributed by atoms with Crippen LogP contribution in [0.3, 0.4) is 0 Å². The molecule has 2 aromatic carbocycles. The molecule has 1 aliphatic rings. The Labute approximate surface area is 176 Å². The number of aryl methyl sites for hydroxylation is 6. The Morgan fingerprint density at radius 2 is 1.28 bits per heavy atom. The summed E-state index contributed by atoms with van der Waals surface area (Å²) in [5.41, 5.74) is 6.13. The summed E-state index contributed by atoms with van der Waals surface area (Å²) in [6.45, 7) is 16.2. The molecular weight excluding hydrogens is 372 g/mol. The molecule has 2 aromatic rings. The van der Waals surface area contributed by atoms with Gasteiger partial charge in [0.15, 0.2) is 5.78 Å². The number of allylic oxidation sites excluding steroid dienone is 1. The third-order valence-corrected chi connectivity index (χ3v) is 10.9. The maximum Gasteiger partial charge on any atom is 0.294 e. The number of carbonyl (C=O) groups excluding carboxylic acids is 1. The minimum Gasteiger partial charge on any atom is -0.384 e. The lowest BCUT2D eigenvalue weighted by molar-refractivity contribution is -0.113. The minimum absolute atomic E-state index is 0.0365. The average molecular weight is 403 g/mol. The van der Waals surface area contributed by atoms with Gasteiger partial charge >= 0.3 is 0 Å². The Kier molecular flexibility index (Phi) is 5.23. The van der Waals surface area contributed by atoms with Gasteiger partial charge in [0.05, 0.1) is 0 Å². The lowest BCUT2D eigenvalue weighted by atomic mass is 10.1. The van der Waals surface area contributed by atoms with E-state index in [0.29, 0.717) is 0 Å². The summed E-state index contributed by atoms with van der Waals surface area (Å²) < 4.78 is 6.92. The molecule has 0 aliphatic carbocycles. The van der Waals surface area contributed by atoms with Gasteiger partial charge < -0.3 is 4.43 Å². The third-order valence-electron chi connectivity index (χ3n) is 5.89. The van der Waals surface area contributed by atoms with Crippen LogP contribution < -0.4 is 10.4 Å². The summed E-state index contributed by atoms with van der Waals surface area (Å²) >= 11 is 0. The van der Waals surface area contributed by atoms with Gasteiger partial charge in [0.1, 0.15) is 5.60 Å². The Hall–Kier alpha value is -2.41. The predicted octanol–water partition coefficient (Wildman–Crippen LogP) is 4.07. The number of terminal acetylenes is 1. The fraction of sp³-hybridized carbons (Fsp3) is 0.346. The van der Waals surface area contributed by atoms with E-state index in [0.717, 1.165) is 37.8 Å². The molecule has 0 N–H and O–H groups in total. The van der Waals surface area contributed by atoms with Crippen molar-refractivity contribution >= 4 is 24.5 Å². The fourth-order valence-corrected chi connectivity index (χ4v) is 10.5. The van der Waals surface area contributed by atoms with Crippen molar-refractivity contribution in [2.24, 2.45) is 0 Å². The summed E-state index contributed by atoms with van der Waals surface area (Å²) in [4.78, 5) is 13.0. The van der Waals surface area contributed by atoms with E-state index in [2.05, 4.69) is 71.7 Å². The second-order valence-corrected chi connectivity index (χ2v) is 11.8. The second kappa shape index (κ2) is 7.13. The fourth-order valence-electron chi connectivity index (χ4n) is 5.17. The minimum atomic E-state index is -3.09. The molecule has 0 amide bonds. The summed E-state index contributed by atoms with van der Waals surface area (Å²) in [5, 5.41) is 3.06. The quantitative estimate of drug-likeness (QED) is 0.571. The zero-order chi connectivity index (χ0) is 21.7. The van der Waals surface area contributed by atoms with Gasteiger partial charge in [0, 0.05) is 5.20 Å². The molecule has 0 saturated heterocycles. The number of carbonyl (C=O) groups is 1. The number of hydrogen-bond acceptors (Lipinski definition) is 2. The average Bonchev–Trinajstić information content (AvgIpc) is 2.88. The third kappa shape index (κ3) is 3.31. The van der Waals surface area contributed by atoms with Crippen LogP contribution in [0.5, 0.6) is 0 Å². The highest BCUT2D eigenvalue weighted by Crippen LogP contribution is 2.37. The number of Topliss-reactive ketones (excluding diaryl/α,β-unsaturated/α-hetero) is 1. The highest BCUT2D eigenvalue weighted by molar-refractivity contribution is 7.07. The van der Waals surface area contributed by atoms with E-state index in [-0.39, 0.29) is 5.78 Å². The zero-order valence-corrected chi connectivity index (χ0v) is 19.8. The first-order valence-electron chi connectivity index (χ1n) is 10.0. The van der Waals surface area contributed by atoms with Crippen molar-refractivity contribution in [3.63, 3.8) is 0 Å². The highest BCUT2D eigenvalue weighted by atomic mass is 28.4. The van der Waals surface area contributed by atoms with Gasteiger partial charge in [0.25, 0.3) is 8.32 Å². The lowest BCUT2D eigenvalue weighted by Gasteiger charge is -2.37. The standard InChI is InChI=1S/C26H30O2Si/c1-10-26(9)15-23(22(8)27)29(28-26,24-18(4)11-16(2)12-19(24)5)25-20(6)13-17(3)14-21(25)7/h1,11-15H,2-9H3. The number of ketones is 1. The van der Waals surface area contributed by atoms with E-state index in [1.165, 1.54) is 11.1 Å². The summed E-state index contributed by atoms with van der Waals surface area (Å²) in [6, 6.07) is 8.73. The van der Waals surface area contributed by atoms with Gasteiger partial charge in [-0.05, 0) is 94.1 Å². The van der Waals surface area contributed by atoms with Gasteiger partial charge in [-0.15, -0.1) is 6.42 Å². The summed E-state index contributed by atoms with van der Waals surface area (Å²) in [6.07, 6.45) is 7.80. The molecule has 1 aliphatic heterocycles. The van der Waals surface area contributed by atoms with Crippen molar-refractivity contribution in [3.05, 3.63) is 68.9 Å². The monoisotopic (exact) mass is 402 g/mol. The van der Waals surface area contributed by atoms with Crippen molar-refractivity contribution < 1.29 is 9.22 Å². The molecule has 1 atom stereocenters. The van der Waals surface area contributed by atoms with Crippen molar-refractivity contribution in [2.75, 3.05) is 0 Å². The van der Waals surface area contributed by atoms with Crippen LogP contribution >= 0.6 is 0 Å². The number of rotatable bonds is 3. The van der Waals surface area contributed by atoms with Crippen LogP contribution in [0, 0.1) is 53.9 Å². The topological polar surface area (TPSA) is 26.3 Å².